The van der Waals surface area contributed by atoms with Crippen molar-refractivity contribution in [3.05, 3.63) is 63.8 Å². The lowest BCUT2D eigenvalue weighted by molar-refractivity contribution is 0.102. The Labute approximate surface area is 158 Å². The van der Waals surface area contributed by atoms with Crippen LogP contribution < -0.4 is 11.1 Å². The second kappa shape index (κ2) is 6.03. The molecule has 0 atom stereocenters. The Bertz CT molecular complexity index is 1250. The number of nitrogens with zero attached hydrogens (tertiary/aromatic N) is 1. The number of anilines is 1. The standard InChI is InChI=1S/C20H15ClN2O4/c21-12-3-6-17-14(7-12)15(10-26-17)19(24)22-13-4-5-16-18(8-13)27-20(25)23(16)9-11-1-2-11/h3-8,10-11H,1-2,9H2,(H,22,24). The normalized spacial score (nSPS) is 14.1. The Hall–Kier alpha value is -2.99. The average molecular weight is 383 g/mol. The second-order valence-electron chi connectivity index (χ2n) is 6.85. The molecule has 0 unspecified atom stereocenters. The number of carbonyl (C=O) groups is 1. The number of hydrogen-bond donors (Lipinski definition) is 1. The summed E-state index contributed by atoms with van der Waals surface area (Å²) >= 11 is 6.02. The van der Waals surface area contributed by atoms with E-state index in [1.54, 1.807) is 41.0 Å². The van der Waals surface area contributed by atoms with Crippen LogP contribution >= 0.6 is 11.6 Å². The zero-order valence-corrected chi connectivity index (χ0v) is 15.0. The molecule has 6 nitrogen and oxygen atoms in total. The van der Waals surface area contributed by atoms with Crippen LogP contribution in [-0.2, 0) is 6.54 Å². The zero-order chi connectivity index (χ0) is 18.5. The fraction of sp³-hybridized carbons (Fsp3) is 0.200. The molecule has 1 aliphatic rings. The van der Waals surface area contributed by atoms with Crippen molar-refractivity contribution in [1.82, 2.24) is 4.57 Å². The van der Waals surface area contributed by atoms with Crippen LogP contribution in [0.4, 0.5) is 5.69 Å². The number of halogens is 1. The number of oxazole rings is 1. The number of nitrogens with one attached hydrogen (secondary N) is 1. The van der Waals surface area contributed by atoms with Crippen LogP contribution in [-0.4, -0.2) is 10.5 Å². The van der Waals surface area contributed by atoms with Crippen LogP contribution in [0.15, 0.2) is 56.3 Å². The highest BCUT2D eigenvalue weighted by Gasteiger charge is 2.24. The van der Waals surface area contributed by atoms with Gasteiger partial charge >= 0.3 is 5.76 Å². The highest BCUT2D eigenvalue weighted by Crippen LogP contribution is 2.31. The summed E-state index contributed by atoms with van der Waals surface area (Å²) in [5.74, 6) is -0.130. The first-order valence-electron chi connectivity index (χ1n) is 8.70. The third kappa shape index (κ3) is 2.92. The highest BCUT2D eigenvalue weighted by molar-refractivity contribution is 6.31. The molecule has 1 fully saturated rings. The van der Waals surface area contributed by atoms with Crippen molar-refractivity contribution in [1.29, 1.82) is 0 Å². The summed E-state index contributed by atoms with van der Waals surface area (Å²) in [5, 5.41) is 3.98. The van der Waals surface area contributed by atoms with E-state index in [2.05, 4.69) is 5.32 Å². The molecule has 2 heterocycles. The smallest absolute Gasteiger partial charge is 0.419 e. The van der Waals surface area contributed by atoms with E-state index in [-0.39, 0.29) is 11.7 Å². The fourth-order valence-electron chi connectivity index (χ4n) is 3.25. The molecular formula is C20H15ClN2O4. The lowest BCUT2D eigenvalue weighted by Crippen LogP contribution is -2.15. The summed E-state index contributed by atoms with van der Waals surface area (Å²) < 4.78 is 12.4. The number of carbonyl (C=O) groups excluding carboxylic acids is 1. The number of hydrogen-bond acceptors (Lipinski definition) is 4. The van der Waals surface area contributed by atoms with E-state index < -0.39 is 0 Å². The number of amides is 1. The largest absolute Gasteiger partial charge is 0.463 e. The minimum atomic E-state index is -0.365. The number of rotatable bonds is 4. The van der Waals surface area contributed by atoms with Gasteiger partial charge in [0.1, 0.15) is 11.8 Å². The summed E-state index contributed by atoms with van der Waals surface area (Å²) in [4.78, 5) is 24.7. The molecule has 7 heteroatoms. The number of benzene rings is 2. The first-order chi connectivity index (χ1) is 13.1. The monoisotopic (exact) mass is 382 g/mol. The van der Waals surface area contributed by atoms with E-state index in [0.29, 0.717) is 45.3 Å². The number of aromatic nitrogens is 1. The fourth-order valence-corrected chi connectivity index (χ4v) is 3.42. The molecular weight excluding hydrogens is 368 g/mol. The summed E-state index contributed by atoms with van der Waals surface area (Å²) in [6, 6.07) is 10.3. The minimum Gasteiger partial charge on any atom is -0.463 e. The topological polar surface area (TPSA) is 77.4 Å². The Morgan fingerprint density at radius 2 is 2.04 bits per heavy atom. The van der Waals surface area contributed by atoms with Crippen molar-refractivity contribution < 1.29 is 13.6 Å². The molecule has 0 radical (unpaired) electrons. The van der Waals surface area contributed by atoms with Crippen molar-refractivity contribution in [2.24, 2.45) is 5.92 Å². The molecule has 2 aromatic carbocycles. The van der Waals surface area contributed by atoms with Gasteiger partial charge in [0.25, 0.3) is 5.91 Å². The molecule has 0 spiro atoms. The predicted molar refractivity (Wildman–Crippen MR) is 102 cm³/mol. The maximum atomic E-state index is 12.7. The molecule has 0 bridgehead atoms. The van der Waals surface area contributed by atoms with E-state index in [4.69, 9.17) is 20.4 Å². The van der Waals surface area contributed by atoms with Crippen LogP contribution in [0.3, 0.4) is 0 Å². The first-order valence-corrected chi connectivity index (χ1v) is 9.08. The van der Waals surface area contributed by atoms with Crippen LogP contribution in [0.5, 0.6) is 0 Å². The van der Waals surface area contributed by atoms with Gasteiger partial charge in [-0.1, -0.05) is 11.6 Å². The van der Waals surface area contributed by atoms with Gasteiger partial charge in [0.2, 0.25) is 0 Å². The first kappa shape index (κ1) is 16.2. The zero-order valence-electron chi connectivity index (χ0n) is 14.2. The van der Waals surface area contributed by atoms with Crippen molar-refractivity contribution in [3.63, 3.8) is 0 Å². The molecule has 136 valence electrons. The number of fused-ring (bicyclic) bond motifs is 2. The third-order valence-electron chi connectivity index (χ3n) is 4.84. The molecule has 5 rings (SSSR count). The SMILES string of the molecule is O=C(Nc1ccc2c(c1)oc(=O)n2CC1CC1)c1coc2ccc(Cl)cc12. The second-order valence-corrected chi connectivity index (χ2v) is 7.28. The Kier molecular flexibility index (Phi) is 3.62. The van der Waals surface area contributed by atoms with Crippen molar-refractivity contribution in [2.75, 3.05) is 5.32 Å². The van der Waals surface area contributed by atoms with Gasteiger partial charge in [-0.15, -0.1) is 0 Å². The van der Waals surface area contributed by atoms with Gasteiger partial charge in [0.05, 0.1) is 11.1 Å². The van der Waals surface area contributed by atoms with Gasteiger partial charge in [-0.05, 0) is 49.1 Å². The molecule has 1 aliphatic carbocycles. The van der Waals surface area contributed by atoms with E-state index >= 15 is 0 Å². The average Bonchev–Trinajstić information content (AvgIpc) is 3.28. The van der Waals surface area contributed by atoms with Gasteiger partial charge in [-0.25, -0.2) is 4.79 Å². The molecule has 4 aromatic rings. The molecule has 1 N–H and O–H groups in total. The quantitative estimate of drug-likeness (QED) is 0.557. The van der Waals surface area contributed by atoms with Gasteiger partial charge in [0, 0.05) is 28.7 Å². The van der Waals surface area contributed by atoms with Crippen LogP contribution in [0, 0.1) is 5.92 Å². The van der Waals surface area contributed by atoms with Crippen molar-refractivity contribution in [3.8, 4) is 0 Å². The molecule has 27 heavy (non-hydrogen) atoms. The molecule has 0 aliphatic heterocycles. The molecule has 1 amide bonds. The maximum absolute atomic E-state index is 12.7. The summed E-state index contributed by atoms with van der Waals surface area (Å²) in [6.45, 7) is 0.680. The van der Waals surface area contributed by atoms with Crippen molar-refractivity contribution in [2.45, 2.75) is 19.4 Å². The van der Waals surface area contributed by atoms with E-state index in [9.17, 15) is 9.59 Å². The third-order valence-corrected chi connectivity index (χ3v) is 5.08. The van der Waals surface area contributed by atoms with E-state index in [0.717, 1.165) is 18.4 Å². The Balaban J connectivity index is 1.46. The molecule has 0 saturated heterocycles. The predicted octanol–water partition coefficient (Wildman–Crippen LogP) is 4.66. The van der Waals surface area contributed by atoms with Crippen LogP contribution in [0.1, 0.15) is 23.2 Å². The van der Waals surface area contributed by atoms with Gasteiger partial charge in [0.15, 0.2) is 5.58 Å². The van der Waals surface area contributed by atoms with Gasteiger partial charge < -0.3 is 14.2 Å². The van der Waals surface area contributed by atoms with E-state index in [1.807, 2.05) is 0 Å². The minimum absolute atomic E-state index is 0.324. The maximum Gasteiger partial charge on any atom is 0.419 e. The summed E-state index contributed by atoms with van der Waals surface area (Å²) in [5.41, 5.74) is 2.71. The van der Waals surface area contributed by atoms with Gasteiger partial charge in [-0.2, -0.15) is 0 Å². The van der Waals surface area contributed by atoms with Crippen LogP contribution in [0.2, 0.25) is 5.02 Å². The number of furan rings is 1. The Morgan fingerprint density at radius 3 is 2.85 bits per heavy atom. The summed E-state index contributed by atoms with van der Waals surface area (Å²) in [7, 11) is 0. The molecule has 1 saturated carbocycles. The lowest BCUT2D eigenvalue weighted by Gasteiger charge is -2.05. The molecule has 2 aromatic heterocycles. The highest BCUT2D eigenvalue weighted by atomic mass is 35.5. The summed E-state index contributed by atoms with van der Waals surface area (Å²) in [6.07, 6.45) is 3.70. The van der Waals surface area contributed by atoms with Gasteiger partial charge in [-0.3, -0.25) is 9.36 Å². The lowest BCUT2D eigenvalue weighted by atomic mass is 10.1. The Morgan fingerprint density at radius 1 is 1.19 bits per heavy atom. The van der Waals surface area contributed by atoms with E-state index in [1.165, 1.54) is 6.26 Å². The van der Waals surface area contributed by atoms with Crippen molar-refractivity contribution >= 4 is 45.3 Å². The van der Waals surface area contributed by atoms with Crippen LogP contribution in [0.25, 0.3) is 22.1 Å².